The van der Waals surface area contributed by atoms with E-state index in [9.17, 15) is 5.26 Å². The molecule has 0 radical (unpaired) electrons. The Labute approximate surface area is 138 Å². The summed E-state index contributed by atoms with van der Waals surface area (Å²) in [5, 5.41) is 18.2. The van der Waals surface area contributed by atoms with Crippen molar-refractivity contribution in [3.8, 4) is 23.5 Å². The van der Waals surface area contributed by atoms with Crippen molar-refractivity contribution < 1.29 is 4.42 Å². The second-order valence-corrected chi connectivity index (χ2v) is 5.71. The summed E-state index contributed by atoms with van der Waals surface area (Å²) >= 11 is 0. The Morgan fingerprint density at radius 3 is 2.92 bits per heavy atom. The first-order valence-electron chi connectivity index (χ1n) is 7.73. The number of nitrogens with zero attached hydrogens (tertiary/aromatic N) is 5. The van der Waals surface area contributed by atoms with Crippen LogP contribution in [0.1, 0.15) is 30.5 Å². The smallest absolute Gasteiger partial charge is 0.218 e. The van der Waals surface area contributed by atoms with Gasteiger partial charge in [-0.25, -0.2) is 9.97 Å². The van der Waals surface area contributed by atoms with Gasteiger partial charge in [0.2, 0.25) is 5.89 Å². The zero-order valence-electron chi connectivity index (χ0n) is 12.8. The Morgan fingerprint density at radius 2 is 2.08 bits per heavy atom. The molecule has 4 rings (SSSR count). The van der Waals surface area contributed by atoms with Crippen LogP contribution in [-0.4, -0.2) is 21.4 Å². The third-order valence-electron chi connectivity index (χ3n) is 4.23. The second-order valence-electron chi connectivity index (χ2n) is 5.71. The van der Waals surface area contributed by atoms with Gasteiger partial charge in [-0.1, -0.05) is 6.07 Å². The highest BCUT2D eigenvalue weighted by Gasteiger charge is 2.29. The fourth-order valence-electron chi connectivity index (χ4n) is 3.05. The molecular weight excluding hydrogens is 302 g/mol. The molecule has 0 amide bonds. The molecule has 24 heavy (non-hydrogen) atoms. The fraction of sp³-hybridized carbons (Fsp3) is 0.222. The van der Waals surface area contributed by atoms with Crippen LogP contribution < -0.4 is 0 Å². The Balaban J connectivity index is 1.74. The van der Waals surface area contributed by atoms with E-state index < -0.39 is 0 Å². The maximum absolute atomic E-state index is 9.19. The summed E-state index contributed by atoms with van der Waals surface area (Å²) in [5.41, 5.74) is 3.40. The van der Waals surface area contributed by atoms with Crippen molar-refractivity contribution >= 4 is 11.1 Å². The van der Waals surface area contributed by atoms with Crippen LogP contribution in [0.3, 0.4) is 0 Å². The third kappa shape index (κ3) is 2.35. The number of likely N-dealkylation sites (tertiary alicyclic amines) is 1. The Kier molecular flexibility index (Phi) is 3.36. The maximum Gasteiger partial charge on any atom is 0.218 e. The van der Waals surface area contributed by atoms with Gasteiger partial charge in [0.05, 0.1) is 5.69 Å². The van der Waals surface area contributed by atoms with Crippen LogP contribution in [0.15, 0.2) is 40.8 Å². The lowest BCUT2D eigenvalue weighted by atomic mass is 10.1. The molecule has 3 heterocycles. The molecule has 6 heteroatoms. The van der Waals surface area contributed by atoms with E-state index in [0.717, 1.165) is 36.2 Å². The van der Waals surface area contributed by atoms with Crippen molar-refractivity contribution in [1.29, 1.82) is 10.5 Å². The number of pyridine rings is 1. The van der Waals surface area contributed by atoms with E-state index in [1.54, 1.807) is 11.0 Å². The molecular formula is C18H13N5O. The number of oxazole rings is 1. The average molecular weight is 315 g/mol. The van der Waals surface area contributed by atoms with Crippen molar-refractivity contribution in [3.05, 3.63) is 48.0 Å². The summed E-state index contributed by atoms with van der Waals surface area (Å²) in [4.78, 5) is 10.6. The molecule has 0 unspecified atom stereocenters. The number of fused-ring (bicyclic) bond motifs is 1. The predicted molar refractivity (Wildman–Crippen MR) is 86.2 cm³/mol. The minimum absolute atomic E-state index is 0.0779. The predicted octanol–water partition coefficient (Wildman–Crippen LogP) is 3.38. The van der Waals surface area contributed by atoms with Gasteiger partial charge in [-0.2, -0.15) is 10.5 Å². The Morgan fingerprint density at radius 1 is 1.17 bits per heavy atom. The van der Waals surface area contributed by atoms with Crippen LogP contribution in [-0.2, 0) is 0 Å². The molecule has 0 spiro atoms. The van der Waals surface area contributed by atoms with E-state index in [-0.39, 0.29) is 6.04 Å². The van der Waals surface area contributed by atoms with Crippen molar-refractivity contribution in [2.45, 2.75) is 18.9 Å². The summed E-state index contributed by atoms with van der Waals surface area (Å²) < 4.78 is 5.84. The number of aromatic nitrogens is 2. The average Bonchev–Trinajstić information content (AvgIpc) is 3.26. The van der Waals surface area contributed by atoms with E-state index in [1.807, 2.05) is 36.4 Å². The monoisotopic (exact) mass is 315 g/mol. The fourth-order valence-corrected chi connectivity index (χ4v) is 3.05. The summed E-state index contributed by atoms with van der Waals surface area (Å²) in [6.07, 6.45) is 4.04. The molecule has 1 aliphatic heterocycles. The minimum atomic E-state index is -0.0779. The van der Waals surface area contributed by atoms with Crippen LogP contribution in [0.2, 0.25) is 0 Å². The minimum Gasteiger partial charge on any atom is -0.438 e. The molecule has 3 aromatic rings. The third-order valence-corrected chi connectivity index (χ3v) is 4.23. The lowest BCUT2D eigenvalue weighted by Crippen LogP contribution is -2.17. The largest absolute Gasteiger partial charge is 0.438 e. The molecule has 1 aliphatic rings. The van der Waals surface area contributed by atoms with Crippen LogP contribution in [0, 0.1) is 22.8 Å². The summed E-state index contributed by atoms with van der Waals surface area (Å²) in [5.74, 6) is 0.583. The Hall–Kier alpha value is -3.38. The zero-order chi connectivity index (χ0) is 16.5. The van der Waals surface area contributed by atoms with E-state index >= 15 is 0 Å². The number of benzene rings is 1. The number of nitriles is 2. The van der Waals surface area contributed by atoms with Crippen molar-refractivity contribution in [2.75, 3.05) is 6.54 Å². The molecule has 1 fully saturated rings. The van der Waals surface area contributed by atoms with Gasteiger partial charge in [-0.15, -0.1) is 0 Å². The molecule has 1 aromatic carbocycles. The molecule has 6 nitrogen and oxygen atoms in total. The normalized spacial score (nSPS) is 16.9. The lowest BCUT2D eigenvalue weighted by Gasteiger charge is -2.13. The highest BCUT2D eigenvalue weighted by molar-refractivity contribution is 5.79. The van der Waals surface area contributed by atoms with Gasteiger partial charge in [0.15, 0.2) is 11.8 Å². The van der Waals surface area contributed by atoms with Crippen molar-refractivity contribution in [3.63, 3.8) is 0 Å². The van der Waals surface area contributed by atoms with Crippen LogP contribution >= 0.6 is 0 Å². The van der Waals surface area contributed by atoms with E-state index in [0.29, 0.717) is 17.2 Å². The highest BCUT2D eigenvalue weighted by atomic mass is 16.3. The quantitative estimate of drug-likeness (QED) is 0.673. The van der Waals surface area contributed by atoms with Crippen molar-refractivity contribution in [1.82, 2.24) is 14.9 Å². The van der Waals surface area contributed by atoms with E-state index in [4.69, 9.17) is 9.68 Å². The SMILES string of the molecule is N#Cc1cccc(-c2ccc3oc([C@@H]4CCCN4C#N)nc3c2)n1. The first-order chi connectivity index (χ1) is 11.8. The molecule has 0 N–H and O–H groups in total. The molecule has 0 aliphatic carbocycles. The summed E-state index contributed by atoms with van der Waals surface area (Å²) in [6, 6.07) is 13.0. The van der Waals surface area contributed by atoms with Crippen LogP contribution in [0.5, 0.6) is 0 Å². The van der Waals surface area contributed by atoms with Gasteiger partial charge >= 0.3 is 0 Å². The van der Waals surface area contributed by atoms with Crippen LogP contribution in [0.4, 0.5) is 0 Å². The van der Waals surface area contributed by atoms with Crippen LogP contribution in [0.25, 0.3) is 22.4 Å². The molecule has 1 atom stereocenters. The van der Waals surface area contributed by atoms with Gasteiger partial charge in [-0.05, 0) is 43.2 Å². The van der Waals surface area contributed by atoms with Gasteiger partial charge < -0.3 is 4.42 Å². The second kappa shape index (κ2) is 5.68. The first kappa shape index (κ1) is 14.2. The summed E-state index contributed by atoms with van der Waals surface area (Å²) in [7, 11) is 0. The van der Waals surface area contributed by atoms with Gasteiger partial charge in [0.25, 0.3) is 0 Å². The Bertz CT molecular complexity index is 995. The standard InChI is InChI=1S/C18H13N5O/c19-10-13-3-1-4-14(21-13)12-6-7-17-15(9-12)22-18(24-17)16-5-2-8-23(16)11-20/h1,3-4,6-7,9,16H,2,5,8H2/t16-/m0/s1. The lowest BCUT2D eigenvalue weighted by molar-refractivity contribution is 0.314. The van der Waals surface area contributed by atoms with Gasteiger partial charge in [0.1, 0.15) is 23.3 Å². The van der Waals surface area contributed by atoms with Gasteiger partial charge in [0, 0.05) is 12.1 Å². The molecule has 0 bridgehead atoms. The molecule has 0 saturated carbocycles. The number of hydrogen-bond donors (Lipinski definition) is 0. The van der Waals surface area contributed by atoms with E-state index in [1.165, 1.54) is 0 Å². The number of rotatable bonds is 2. The summed E-state index contributed by atoms with van der Waals surface area (Å²) in [6.45, 7) is 0.746. The molecule has 1 saturated heterocycles. The molecule has 2 aromatic heterocycles. The number of hydrogen-bond acceptors (Lipinski definition) is 6. The zero-order valence-corrected chi connectivity index (χ0v) is 12.8. The maximum atomic E-state index is 9.19. The van der Waals surface area contributed by atoms with Crippen molar-refractivity contribution in [2.24, 2.45) is 0 Å². The van der Waals surface area contributed by atoms with Gasteiger partial charge in [-0.3, -0.25) is 4.90 Å². The van der Waals surface area contributed by atoms with E-state index in [2.05, 4.69) is 16.2 Å². The topological polar surface area (TPSA) is 89.7 Å². The first-order valence-corrected chi connectivity index (χ1v) is 7.73. The molecule has 116 valence electrons. The highest BCUT2D eigenvalue weighted by Crippen LogP contribution is 2.33.